The fraction of sp³-hybridized carbons (Fsp3) is 0.211. The number of rotatable bonds is 7. The molecular formula is C19H18FN3O5S. The molecule has 2 aromatic rings. The molecule has 0 aliphatic carbocycles. The Balaban J connectivity index is 1.43. The molecule has 0 saturated carbocycles. The zero-order chi connectivity index (χ0) is 20.9. The van der Waals surface area contributed by atoms with Crippen LogP contribution in [0.5, 0.6) is 0 Å². The first kappa shape index (κ1) is 20.5. The monoisotopic (exact) mass is 419 g/mol. The molecule has 1 heterocycles. The maximum atomic E-state index is 13.5. The van der Waals surface area contributed by atoms with E-state index in [1.54, 1.807) is 30.3 Å². The van der Waals surface area contributed by atoms with Gasteiger partial charge >= 0.3 is 5.97 Å². The van der Waals surface area contributed by atoms with Crippen molar-refractivity contribution < 1.29 is 27.1 Å². The van der Waals surface area contributed by atoms with Gasteiger partial charge in [0.2, 0.25) is 0 Å². The van der Waals surface area contributed by atoms with Gasteiger partial charge in [0, 0.05) is 17.7 Å². The van der Waals surface area contributed by atoms with Crippen LogP contribution in [0.15, 0.2) is 58.4 Å². The van der Waals surface area contributed by atoms with Crippen LogP contribution in [-0.2, 0) is 30.9 Å². The summed E-state index contributed by atoms with van der Waals surface area (Å²) < 4.78 is 44.6. The van der Waals surface area contributed by atoms with E-state index < -0.39 is 34.3 Å². The van der Waals surface area contributed by atoms with Gasteiger partial charge in [-0.3, -0.25) is 19.3 Å². The molecular weight excluding hydrogens is 401 g/mol. The van der Waals surface area contributed by atoms with Crippen LogP contribution < -0.4 is 10.0 Å². The number of aliphatic imine (C=N–C) groups is 1. The number of nitrogens with one attached hydrogen (secondary N) is 2. The van der Waals surface area contributed by atoms with E-state index in [0.717, 1.165) is 0 Å². The van der Waals surface area contributed by atoms with E-state index in [0.29, 0.717) is 11.1 Å². The Morgan fingerprint density at radius 1 is 1.10 bits per heavy atom. The number of sulfonamides is 1. The number of nitrogens with zero attached hydrogens (tertiary/aromatic N) is 1. The molecule has 152 valence electrons. The highest BCUT2D eigenvalue weighted by molar-refractivity contribution is 7.90. The largest absolute Gasteiger partial charge is 0.456 e. The van der Waals surface area contributed by atoms with Crippen LogP contribution in [0.1, 0.15) is 17.5 Å². The molecule has 0 unspecified atom stereocenters. The Morgan fingerprint density at radius 2 is 1.83 bits per heavy atom. The van der Waals surface area contributed by atoms with Gasteiger partial charge in [0.1, 0.15) is 11.7 Å². The maximum absolute atomic E-state index is 13.5. The van der Waals surface area contributed by atoms with Crippen molar-refractivity contribution in [1.29, 1.82) is 0 Å². The first-order valence-electron chi connectivity index (χ1n) is 8.69. The lowest BCUT2D eigenvalue weighted by Crippen LogP contribution is -2.28. The van der Waals surface area contributed by atoms with E-state index in [1.165, 1.54) is 18.2 Å². The van der Waals surface area contributed by atoms with Crippen LogP contribution in [0.3, 0.4) is 0 Å². The molecule has 8 nitrogen and oxygen atoms in total. The first-order chi connectivity index (χ1) is 13.9. The summed E-state index contributed by atoms with van der Waals surface area (Å²) in [6.07, 6.45) is -0.131. The minimum absolute atomic E-state index is 0.0120. The highest BCUT2D eigenvalue weighted by Crippen LogP contribution is 2.22. The average molecular weight is 419 g/mol. The predicted molar refractivity (Wildman–Crippen MR) is 102 cm³/mol. The highest BCUT2D eigenvalue weighted by Gasteiger charge is 2.29. The Bertz CT molecular complexity index is 1070. The molecule has 2 aromatic carbocycles. The number of amides is 1. The molecule has 1 amide bonds. The Hall–Kier alpha value is -3.27. The van der Waals surface area contributed by atoms with Crippen molar-refractivity contribution in [3.8, 4) is 0 Å². The number of fused-ring (bicyclic) bond motifs is 1. The minimum Gasteiger partial charge on any atom is -0.456 e. The Labute approximate surface area is 166 Å². The van der Waals surface area contributed by atoms with Gasteiger partial charge in [-0.15, -0.1) is 0 Å². The second kappa shape index (κ2) is 8.82. The average Bonchev–Trinajstić information content (AvgIpc) is 2.96. The first-order valence-corrected chi connectivity index (χ1v) is 10.2. The highest BCUT2D eigenvalue weighted by atomic mass is 32.2. The van der Waals surface area contributed by atoms with E-state index in [-0.39, 0.29) is 30.2 Å². The lowest BCUT2D eigenvalue weighted by Gasteiger charge is -2.07. The molecule has 3 rings (SSSR count). The van der Waals surface area contributed by atoms with Gasteiger partial charge in [-0.2, -0.15) is 0 Å². The van der Waals surface area contributed by atoms with E-state index in [4.69, 9.17) is 4.74 Å². The van der Waals surface area contributed by atoms with E-state index in [9.17, 15) is 22.4 Å². The van der Waals surface area contributed by atoms with Crippen molar-refractivity contribution in [2.45, 2.75) is 17.9 Å². The summed E-state index contributed by atoms with van der Waals surface area (Å²) in [5.41, 5.74) is 0.760. The van der Waals surface area contributed by atoms with Gasteiger partial charge in [-0.05, 0) is 18.2 Å². The molecule has 0 fully saturated rings. The third-order valence-electron chi connectivity index (χ3n) is 4.05. The standard InChI is InChI=1S/C19H18FN3O5S/c20-15-7-3-1-5-13(15)11-22-17(24)12-28-18(25)9-10-21-19-14-6-2-4-8-16(14)29(26,27)23-19/h1-8H,9-12H2,(H,21,23)(H,22,24). The summed E-state index contributed by atoms with van der Waals surface area (Å²) >= 11 is 0. The summed E-state index contributed by atoms with van der Waals surface area (Å²) in [7, 11) is -3.64. The van der Waals surface area contributed by atoms with Crippen LogP contribution in [0.25, 0.3) is 0 Å². The number of hydrogen-bond donors (Lipinski definition) is 2. The molecule has 29 heavy (non-hydrogen) atoms. The second-order valence-electron chi connectivity index (χ2n) is 6.11. The second-order valence-corrected chi connectivity index (χ2v) is 7.76. The molecule has 1 aliphatic rings. The van der Waals surface area contributed by atoms with Gasteiger partial charge in [0.05, 0.1) is 17.9 Å². The van der Waals surface area contributed by atoms with Crippen molar-refractivity contribution in [1.82, 2.24) is 10.0 Å². The summed E-state index contributed by atoms with van der Waals surface area (Å²) in [4.78, 5) is 27.7. The van der Waals surface area contributed by atoms with Crippen molar-refractivity contribution in [2.75, 3.05) is 13.2 Å². The number of ether oxygens (including phenoxy) is 1. The van der Waals surface area contributed by atoms with Crippen molar-refractivity contribution >= 4 is 27.7 Å². The fourth-order valence-corrected chi connectivity index (χ4v) is 3.87. The van der Waals surface area contributed by atoms with Gasteiger partial charge < -0.3 is 10.1 Å². The molecule has 0 bridgehead atoms. The van der Waals surface area contributed by atoms with E-state index in [1.807, 2.05) is 0 Å². The zero-order valence-corrected chi connectivity index (χ0v) is 16.0. The molecule has 0 radical (unpaired) electrons. The Kier molecular flexibility index (Phi) is 6.23. The van der Waals surface area contributed by atoms with Crippen LogP contribution >= 0.6 is 0 Å². The van der Waals surface area contributed by atoms with Crippen LogP contribution in [0.4, 0.5) is 4.39 Å². The molecule has 10 heteroatoms. The van der Waals surface area contributed by atoms with Crippen LogP contribution in [0, 0.1) is 5.82 Å². The molecule has 0 aromatic heterocycles. The summed E-state index contributed by atoms with van der Waals surface area (Å²) in [6.45, 7) is -0.530. The lowest BCUT2D eigenvalue weighted by molar-refractivity contribution is -0.148. The van der Waals surface area contributed by atoms with Gasteiger partial charge in [0.25, 0.3) is 15.9 Å². The summed E-state index contributed by atoms with van der Waals surface area (Å²) in [6, 6.07) is 12.4. The molecule has 2 N–H and O–H groups in total. The van der Waals surface area contributed by atoms with Crippen LogP contribution in [-0.4, -0.2) is 39.3 Å². The number of halogens is 1. The zero-order valence-electron chi connectivity index (χ0n) is 15.2. The number of carbonyl (C=O) groups is 2. The van der Waals surface area contributed by atoms with Gasteiger partial charge in [-0.25, -0.2) is 12.8 Å². The fourth-order valence-electron chi connectivity index (χ4n) is 2.62. The van der Waals surface area contributed by atoms with Crippen molar-refractivity contribution in [3.05, 3.63) is 65.5 Å². The molecule has 0 spiro atoms. The third-order valence-corrected chi connectivity index (χ3v) is 5.44. The van der Waals surface area contributed by atoms with E-state index in [2.05, 4.69) is 15.0 Å². The maximum Gasteiger partial charge on any atom is 0.308 e. The quantitative estimate of drug-likeness (QED) is 0.653. The Morgan fingerprint density at radius 3 is 2.62 bits per heavy atom. The summed E-state index contributed by atoms with van der Waals surface area (Å²) in [5, 5.41) is 2.46. The topological polar surface area (TPSA) is 114 Å². The normalized spacial score (nSPS) is 15.4. The number of carbonyl (C=O) groups excluding carboxylic acids is 2. The van der Waals surface area contributed by atoms with Gasteiger partial charge in [-0.1, -0.05) is 30.3 Å². The number of benzene rings is 2. The number of amidine groups is 1. The molecule has 0 saturated heterocycles. The molecule has 0 atom stereocenters. The lowest BCUT2D eigenvalue weighted by atomic mass is 10.2. The van der Waals surface area contributed by atoms with Crippen molar-refractivity contribution in [2.24, 2.45) is 4.99 Å². The minimum atomic E-state index is -3.64. The van der Waals surface area contributed by atoms with Crippen molar-refractivity contribution in [3.63, 3.8) is 0 Å². The smallest absolute Gasteiger partial charge is 0.308 e. The SMILES string of the molecule is O=C(COC(=O)CCN=C1NS(=O)(=O)c2ccccc21)NCc1ccccc1F. The van der Waals surface area contributed by atoms with E-state index >= 15 is 0 Å². The molecule has 1 aliphatic heterocycles. The predicted octanol–water partition coefficient (Wildman–Crippen LogP) is 1.11. The van der Waals surface area contributed by atoms with Gasteiger partial charge in [0.15, 0.2) is 6.61 Å². The van der Waals surface area contributed by atoms with Crippen LogP contribution in [0.2, 0.25) is 0 Å². The number of esters is 1. The number of hydrogen-bond acceptors (Lipinski definition) is 6. The summed E-state index contributed by atoms with van der Waals surface area (Å²) in [5.74, 6) is -1.50. The third kappa shape index (κ3) is 5.17.